The number of benzene rings is 1. The van der Waals surface area contributed by atoms with Crippen LogP contribution in [0, 0.1) is 5.92 Å². The maximum absolute atomic E-state index is 11.5. The fraction of sp³-hybridized carbons (Fsp3) is 0.417. The van der Waals surface area contributed by atoms with Gasteiger partial charge < -0.3 is 4.84 Å². The van der Waals surface area contributed by atoms with Crippen LogP contribution in [-0.2, 0) is 4.79 Å². The molecule has 0 saturated carbocycles. The van der Waals surface area contributed by atoms with Gasteiger partial charge in [0.05, 0.1) is 0 Å². The minimum absolute atomic E-state index is 0.0358. The van der Waals surface area contributed by atoms with Gasteiger partial charge in [0.15, 0.2) is 5.75 Å². The zero-order chi connectivity index (χ0) is 11.1. The van der Waals surface area contributed by atoms with Crippen LogP contribution in [0.1, 0.15) is 26.7 Å². The van der Waals surface area contributed by atoms with Crippen LogP contribution in [0.2, 0.25) is 0 Å². The molecule has 0 aliphatic rings. The van der Waals surface area contributed by atoms with Gasteiger partial charge in [0.2, 0.25) is 0 Å². The van der Waals surface area contributed by atoms with Crippen LogP contribution in [0.4, 0.5) is 0 Å². The first kappa shape index (κ1) is 11.6. The summed E-state index contributed by atoms with van der Waals surface area (Å²) in [5.74, 6) is 0.634. The number of nitrogens with one attached hydrogen (secondary N) is 1. The first-order valence-corrected chi connectivity index (χ1v) is 5.29. The summed E-state index contributed by atoms with van der Waals surface area (Å²) in [5.41, 5.74) is 2.46. The van der Waals surface area contributed by atoms with Crippen molar-refractivity contribution < 1.29 is 9.63 Å². The molecular formula is C12H17NO2. The molecule has 0 fully saturated rings. The number of carbonyl (C=O) groups is 1. The minimum Gasteiger partial charge on any atom is -0.380 e. The molecule has 0 unspecified atom stereocenters. The normalized spacial score (nSPS) is 10.1. The van der Waals surface area contributed by atoms with Gasteiger partial charge >= 0.3 is 0 Å². The van der Waals surface area contributed by atoms with E-state index in [1.54, 1.807) is 12.1 Å². The van der Waals surface area contributed by atoms with Gasteiger partial charge in [-0.3, -0.25) is 4.79 Å². The molecule has 0 aliphatic carbocycles. The molecule has 0 heterocycles. The van der Waals surface area contributed by atoms with Gasteiger partial charge in [-0.05, 0) is 25.0 Å². The summed E-state index contributed by atoms with van der Waals surface area (Å²) < 4.78 is 0. The monoisotopic (exact) mass is 207 g/mol. The Morgan fingerprint density at radius 3 is 2.40 bits per heavy atom. The minimum atomic E-state index is -0.0520. The highest BCUT2D eigenvalue weighted by molar-refractivity contribution is 5.77. The highest BCUT2D eigenvalue weighted by Crippen LogP contribution is 2.09. The van der Waals surface area contributed by atoms with Gasteiger partial charge in [-0.2, -0.15) is 5.48 Å². The van der Waals surface area contributed by atoms with E-state index in [9.17, 15) is 4.79 Å². The fourth-order valence-electron chi connectivity index (χ4n) is 1.34. The standard InChI is InChI=1S/C12H17NO2/c1-3-10(4-2)12(14)13-15-11-8-6-5-7-9-11/h5-10H,3-4H2,1-2H3,(H,13,14). The van der Waals surface area contributed by atoms with Gasteiger partial charge in [0, 0.05) is 5.92 Å². The largest absolute Gasteiger partial charge is 0.380 e. The van der Waals surface area contributed by atoms with Crippen molar-refractivity contribution in [3.8, 4) is 5.75 Å². The predicted octanol–water partition coefficient (Wildman–Crippen LogP) is 2.53. The molecule has 0 radical (unpaired) electrons. The average molecular weight is 207 g/mol. The lowest BCUT2D eigenvalue weighted by molar-refractivity contribution is -0.132. The summed E-state index contributed by atoms with van der Waals surface area (Å²) in [5, 5.41) is 0. The van der Waals surface area contributed by atoms with Gasteiger partial charge in [-0.25, -0.2) is 0 Å². The molecule has 1 amide bonds. The van der Waals surface area contributed by atoms with Crippen molar-refractivity contribution in [3.05, 3.63) is 30.3 Å². The van der Waals surface area contributed by atoms with E-state index in [1.807, 2.05) is 32.0 Å². The van der Waals surface area contributed by atoms with E-state index in [4.69, 9.17) is 4.84 Å². The first-order valence-electron chi connectivity index (χ1n) is 5.29. The highest BCUT2D eigenvalue weighted by atomic mass is 16.7. The van der Waals surface area contributed by atoms with E-state index >= 15 is 0 Å². The summed E-state index contributed by atoms with van der Waals surface area (Å²) in [4.78, 5) is 16.7. The van der Waals surface area contributed by atoms with Crippen molar-refractivity contribution in [2.24, 2.45) is 5.92 Å². The van der Waals surface area contributed by atoms with Crippen molar-refractivity contribution in [3.63, 3.8) is 0 Å². The Balaban J connectivity index is 2.40. The van der Waals surface area contributed by atoms with Crippen LogP contribution >= 0.6 is 0 Å². The molecule has 0 bridgehead atoms. The third-order valence-corrected chi connectivity index (χ3v) is 2.37. The molecule has 82 valence electrons. The summed E-state index contributed by atoms with van der Waals surface area (Å²) in [7, 11) is 0. The van der Waals surface area contributed by atoms with Crippen molar-refractivity contribution in [1.29, 1.82) is 0 Å². The lowest BCUT2D eigenvalue weighted by atomic mass is 10.0. The molecule has 1 N–H and O–H groups in total. The number of para-hydroxylation sites is 1. The van der Waals surface area contributed by atoms with Crippen molar-refractivity contribution >= 4 is 5.91 Å². The molecule has 0 atom stereocenters. The van der Waals surface area contributed by atoms with Crippen molar-refractivity contribution in [1.82, 2.24) is 5.48 Å². The molecule has 1 aromatic carbocycles. The summed E-state index contributed by atoms with van der Waals surface area (Å²) in [6.45, 7) is 3.99. The molecule has 0 aliphatic heterocycles. The van der Waals surface area contributed by atoms with Crippen LogP contribution in [0.25, 0.3) is 0 Å². The topological polar surface area (TPSA) is 38.3 Å². The predicted molar refractivity (Wildman–Crippen MR) is 59.3 cm³/mol. The smallest absolute Gasteiger partial charge is 0.255 e. The second kappa shape index (κ2) is 6.06. The van der Waals surface area contributed by atoms with E-state index < -0.39 is 0 Å². The van der Waals surface area contributed by atoms with Crippen LogP contribution in [0.5, 0.6) is 5.75 Å². The second-order valence-electron chi connectivity index (χ2n) is 3.39. The third-order valence-electron chi connectivity index (χ3n) is 2.37. The maximum atomic E-state index is 11.5. The lowest BCUT2D eigenvalue weighted by Gasteiger charge is -2.12. The van der Waals surface area contributed by atoms with E-state index in [-0.39, 0.29) is 11.8 Å². The zero-order valence-corrected chi connectivity index (χ0v) is 9.19. The van der Waals surface area contributed by atoms with Crippen LogP contribution in [-0.4, -0.2) is 5.91 Å². The van der Waals surface area contributed by atoms with Crippen LogP contribution in [0.3, 0.4) is 0 Å². The fourth-order valence-corrected chi connectivity index (χ4v) is 1.34. The van der Waals surface area contributed by atoms with Crippen molar-refractivity contribution in [2.75, 3.05) is 0 Å². The first-order chi connectivity index (χ1) is 7.27. The lowest BCUT2D eigenvalue weighted by Crippen LogP contribution is -2.32. The quantitative estimate of drug-likeness (QED) is 0.753. The summed E-state index contributed by atoms with van der Waals surface area (Å²) >= 11 is 0. The molecular weight excluding hydrogens is 190 g/mol. The number of hydrogen-bond acceptors (Lipinski definition) is 2. The Labute approximate surface area is 90.4 Å². The number of hydrogen-bond donors (Lipinski definition) is 1. The summed E-state index contributed by atoms with van der Waals surface area (Å²) in [6.07, 6.45) is 1.67. The number of carbonyl (C=O) groups excluding carboxylic acids is 1. The molecule has 1 rings (SSSR count). The molecule has 0 spiro atoms. The SMILES string of the molecule is CCC(CC)C(=O)NOc1ccccc1. The molecule has 3 nitrogen and oxygen atoms in total. The van der Waals surface area contributed by atoms with Crippen LogP contribution < -0.4 is 10.3 Å². The Hall–Kier alpha value is -1.51. The van der Waals surface area contributed by atoms with E-state index in [2.05, 4.69) is 5.48 Å². The molecule has 3 heteroatoms. The van der Waals surface area contributed by atoms with Gasteiger partial charge in [-0.15, -0.1) is 0 Å². The summed E-state index contributed by atoms with van der Waals surface area (Å²) in [6, 6.07) is 9.22. The molecule has 0 aromatic heterocycles. The van der Waals surface area contributed by atoms with Crippen molar-refractivity contribution in [2.45, 2.75) is 26.7 Å². The third kappa shape index (κ3) is 3.62. The Morgan fingerprint density at radius 2 is 1.87 bits per heavy atom. The number of rotatable bonds is 5. The van der Waals surface area contributed by atoms with Gasteiger partial charge in [-0.1, -0.05) is 32.0 Å². The maximum Gasteiger partial charge on any atom is 0.255 e. The molecule has 1 aromatic rings. The van der Waals surface area contributed by atoms with Crippen LogP contribution in [0.15, 0.2) is 30.3 Å². The second-order valence-corrected chi connectivity index (χ2v) is 3.39. The Bertz CT molecular complexity index is 294. The van der Waals surface area contributed by atoms with Gasteiger partial charge in [0.1, 0.15) is 0 Å². The Morgan fingerprint density at radius 1 is 1.27 bits per heavy atom. The number of amides is 1. The van der Waals surface area contributed by atoms with Gasteiger partial charge in [0.25, 0.3) is 5.91 Å². The molecule has 0 saturated heterocycles. The van der Waals surface area contributed by atoms with E-state index in [1.165, 1.54) is 0 Å². The average Bonchev–Trinajstić information content (AvgIpc) is 2.29. The molecule has 15 heavy (non-hydrogen) atoms. The number of hydroxylamine groups is 1. The zero-order valence-electron chi connectivity index (χ0n) is 9.19. The van der Waals surface area contributed by atoms with E-state index in [0.717, 1.165) is 12.8 Å². The Kier molecular flexibility index (Phi) is 4.68. The highest BCUT2D eigenvalue weighted by Gasteiger charge is 2.13. The van der Waals surface area contributed by atoms with E-state index in [0.29, 0.717) is 5.75 Å².